The van der Waals surface area contributed by atoms with Crippen LogP contribution in [0.15, 0.2) is 6.07 Å². The monoisotopic (exact) mass is 250 g/mol. The molecule has 0 atom stereocenters. The Morgan fingerprint density at radius 2 is 1.89 bits per heavy atom. The van der Waals surface area contributed by atoms with E-state index < -0.39 is 0 Å². The Morgan fingerprint density at radius 1 is 1.28 bits per heavy atom. The molecule has 0 fully saturated rings. The molecule has 100 valence electrons. The van der Waals surface area contributed by atoms with Gasteiger partial charge in [-0.15, -0.1) is 0 Å². The summed E-state index contributed by atoms with van der Waals surface area (Å²) in [5.74, 6) is 0.783. The van der Waals surface area contributed by atoms with Crippen LogP contribution >= 0.6 is 0 Å². The molecular weight excluding hydrogens is 228 g/mol. The zero-order valence-electron chi connectivity index (χ0n) is 12.0. The highest BCUT2D eigenvalue weighted by atomic mass is 16.5. The van der Waals surface area contributed by atoms with E-state index in [1.54, 1.807) is 26.2 Å². The number of aryl methyl sites for hydroxylation is 2. The highest BCUT2D eigenvalue weighted by molar-refractivity contribution is 5.79. The molecule has 4 heteroatoms. The quantitative estimate of drug-likeness (QED) is 0.828. The van der Waals surface area contributed by atoms with Crippen LogP contribution in [0.4, 0.5) is 0 Å². The number of hydrazine groups is 1. The molecule has 1 aromatic rings. The Kier molecular flexibility index (Phi) is 4.73. The molecule has 1 rings (SSSR count). The molecular formula is C14H22N2O2. The number of benzene rings is 1. The number of ether oxygens (including phenoxy) is 1. The SMILES string of the molecule is COc1c(C)c(C)cc(C)c1CC(=O)NN(C)C. The number of carbonyl (C=O) groups excluding carboxylic acids is 1. The van der Waals surface area contributed by atoms with Gasteiger partial charge < -0.3 is 4.74 Å². The van der Waals surface area contributed by atoms with Crippen LogP contribution in [0.3, 0.4) is 0 Å². The van der Waals surface area contributed by atoms with E-state index in [9.17, 15) is 4.79 Å². The standard InChI is InChI=1S/C14H22N2O2/c1-9-7-10(2)12(14(18-6)11(9)3)8-13(17)15-16(4)5/h7H,8H2,1-6H3,(H,15,17). The topological polar surface area (TPSA) is 41.6 Å². The number of nitrogens with one attached hydrogen (secondary N) is 1. The predicted molar refractivity (Wildman–Crippen MR) is 72.7 cm³/mol. The van der Waals surface area contributed by atoms with Crippen molar-refractivity contribution in [2.75, 3.05) is 21.2 Å². The lowest BCUT2D eigenvalue weighted by Crippen LogP contribution is -2.37. The van der Waals surface area contributed by atoms with E-state index in [1.807, 2.05) is 13.8 Å². The first kappa shape index (κ1) is 14.5. The molecule has 1 aromatic carbocycles. The molecule has 0 saturated heterocycles. The average Bonchev–Trinajstić information content (AvgIpc) is 2.25. The minimum Gasteiger partial charge on any atom is -0.496 e. The largest absolute Gasteiger partial charge is 0.496 e. The van der Waals surface area contributed by atoms with Crippen LogP contribution in [0.5, 0.6) is 5.75 Å². The number of hydrogen-bond donors (Lipinski definition) is 1. The summed E-state index contributed by atoms with van der Waals surface area (Å²) in [7, 11) is 5.24. The van der Waals surface area contributed by atoms with Crippen molar-refractivity contribution in [3.05, 3.63) is 28.3 Å². The van der Waals surface area contributed by atoms with Gasteiger partial charge in [0.2, 0.25) is 5.91 Å². The summed E-state index contributed by atoms with van der Waals surface area (Å²) in [4.78, 5) is 11.8. The van der Waals surface area contributed by atoms with Crippen molar-refractivity contribution in [2.45, 2.75) is 27.2 Å². The van der Waals surface area contributed by atoms with Gasteiger partial charge in [0.05, 0.1) is 13.5 Å². The highest BCUT2D eigenvalue weighted by Crippen LogP contribution is 2.29. The van der Waals surface area contributed by atoms with E-state index in [1.165, 1.54) is 5.56 Å². The third-order valence-electron chi connectivity index (χ3n) is 3.00. The lowest BCUT2D eigenvalue weighted by molar-refractivity contribution is -0.124. The molecule has 0 heterocycles. The minimum absolute atomic E-state index is 0.0374. The van der Waals surface area contributed by atoms with Gasteiger partial charge in [0.15, 0.2) is 0 Å². The molecule has 0 aliphatic heterocycles. The molecule has 0 saturated carbocycles. The lowest BCUT2D eigenvalue weighted by Gasteiger charge is -2.17. The second kappa shape index (κ2) is 5.87. The molecule has 18 heavy (non-hydrogen) atoms. The van der Waals surface area contributed by atoms with E-state index in [4.69, 9.17) is 4.74 Å². The fraction of sp³-hybridized carbons (Fsp3) is 0.500. The summed E-state index contributed by atoms with van der Waals surface area (Å²) in [6.07, 6.45) is 0.328. The second-order valence-corrected chi connectivity index (χ2v) is 4.75. The lowest BCUT2D eigenvalue weighted by atomic mass is 9.97. The van der Waals surface area contributed by atoms with Gasteiger partial charge in [0.25, 0.3) is 0 Å². The Hall–Kier alpha value is -1.55. The van der Waals surface area contributed by atoms with Gasteiger partial charge in [-0.1, -0.05) is 6.07 Å². The maximum atomic E-state index is 11.8. The number of carbonyl (C=O) groups is 1. The van der Waals surface area contributed by atoms with Crippen molar-refractivity contribution in [1.82, 2.24) is 10.4 Å². The van der Waals surface area contributed by atoms with E-state index in [0.29, 0.717) is 6.42 Å². The molecule has 0 spiro atoms. The molecule has 1 N–H and O–H groups in total. The molecule has 0 bridgehead atoms. The number of amides is 1. The molecule has 0 aliphatic carbocycles. The third-order valence-corrected chi connectivity index (χ3v) is 3.00. The molecule has 1 amide bonds. The normalized spacial score (nSPS) is 10.6. The van der Waals surface area contributed by atoms with Gasteiger partial charge >= 0.3 is 0 Å². The molecule has 0 radical (unpaired) electrons. The van der Waals surface area contributed by atoms with Gasteiger partial charge in [-0.05, 0) is 37.5 Å². The summed E-state index contributed by atoms with van der Waals surface area (Å²) in [5, 5.41) is 1.64. The fourth-order valence-corrected chi connectivity index (χ4v) is 2.05. The van der Waals surface area contributed by atoms with Crippen LogP contribution in [0.1, 0.15) is 22.3 Å². The van der Waals surface area contributed by atoms with Crippen LogP contribution < -0.4 is 10.2 Å². The van der Waals surface area contributed by atoms with Crippen LogP contribution in [0.25, 0.3) is 0 Å². The number of nitrogens with zero attached hydrogens (tertiary/aromatic N) is 1. The van der Waals surface area contributed by atoms with Crippen molar-refractivity contribution in [3.63, 3.8) is 0 Å². The smallest absolute Gasteiger partial charge is 0.238 e. The van der Waals surface area contributed by atoms with Crippen LogP contribution in [-0.2, 0) is 11.2 Å². The van der Waals surface area contributed by atoms with E-state index >= 15 is 0 Å². The zero-order valence-corrected chi connectivity index (χ0v) is 12.0. The van der Waals surface area contributed by atoms with Crippen LogP contribution in [0.2, 0.25) is 0 Å². The van der Waals surface area contributed by atoms with Gasteiger partial charge in [-0.3, -0.25) is 10.2 Å². The molecule has 0 aliphatic rings. The fourth-order valence-electron chi connectivity index (χ4n) is 2.05. The Bertz CT molecular complexity index is 454. The maximum Gasteiger partial charge on any atom is 0.238 e. The summed E-state index contributed by atoms with van der Waals surface area (Å²) < 4.78 is 5.45. The summed E-state index contributed by atoms with van der Waals surface area (Å²) in [6, 6.07) is 2.09. The van der Waals surface area contributed by atoms with E-state index in [-0.39, 0.29) is 5.91 Å². The first-order valence-corrected chi connectivity index (χ1v) is 5.97. The Labute approximate surface area is 109 Å². The van der Waals surface area contributed by atoms with Gasteiger partial charge in [0.1, 0.15) is 5.75 Å². The van der Waals surface area contributed by atoms with Crippen LogP contribution in [0, 0.1) is 20.8 Å². The molecule has 0 aromatic heterocycles. The van der Waals surface area contributed by atoms with Gasteiger partial charge in [-0.2, -0.15) is 0 Å². The zero-order chi connectivity index (χ0) is 13.9. The summed E-state index contributed by atoms with van der Waals surface area (Å²) >= 11 is 0. The number of hydrogen-bond acceptors (Lipinski definition) is 3. The first-order chi connectivity index (χ1) is 8.36. The Balaban J connectivity index is 3.08. The van der Waals surface area contributed by atoms with Gasteiger partial charge in [-0.25, -0.2) is 5.01 Å². The summed E-state index contributed by atoms with van der Waals surface area (Å²) in [5.41, 5.74) is 7.06. The average molecular weight is 250 g/mol. The predicted octanol–water partition coefficient (Wildman–Crippen LogP) is 1.76. The van der Waals surface area contributed by atoms with Crippen molar-refractivity contribution < 1.29 is 9.53 Å². The minimum atomic E-state index is -0.0374. The van der Waals surface area contributed by atoms with Crippen molar-refractivity contribution in [1.29, 1.82) is 0 Å². The third kappa shape index (κ3) is 3.23. The molecule has 4 nitrogen and oxygen atoms in total. The van der Waals surface area contributed by atoms with E-state index in [0.717, 1.165) is 22.4 Å². The van der Waals surface area contributed by atoms with Crippen molar-refractivity contribution in [2.24, 2.45) is 0 Å². The van der Waals surface area contributed by atoms with Crippen molar-refractivity contribution in [3.8, 4) is 5.75 Å². The highest BCUT2D eigenvalue weighted by Gasteiger charge is 2.15. The van der Waals surface area contributed by atoms with Crippen LogP contribution in [-0.4, -0.2) is 32.1 Å². The Morgan fingerprint density at radius 3 is 2.39 bits per heavy atom. The first-order valence-electron chi connectivity index (χ1n) is 5.97. The van der Waals surface area contributed by atoms with Gasteiger partial charge in [0, 0.05) is 19.7 Å². The summed E-state index contributed by atoms with van der Waals surface area (Å²) in [6.45, 7) is 6.07. The number of rotatable bonds is 4. The maximum absolute atomic E-state index is 11.8. The molecule has 0 unspecified atom stereocenters. The number of methoxy groups -OCH3 is 1. The van der Waals surface area contributed by atoms with Crippen molar-refractivity contribution >= 4 is 5.91 Å². The second-order valence-electron chi connectivity index (χ2n) is 4.75. The van der Waals surface area contributed by atoms with E-state index in [2.05, 4.69) is 18.4 Å².